The third-order valence-corrected chi connectivity index (χ3v) is 3.02. The molecule has 2 aromatic carbocycles. The molecule has 5 heteroatoms. The largest absolute Gasteiger partial charge is 0.493 e. The lowest BCUT2D eigenvalue weighted by Gasteiger charge is -2.04. The summed E-state index contributed by atoms with van der Waals surface area (Å²) in [5, 5.41) is 8.52. The molecule has 0 aliphatic carbocycles. The Bertz CT molecular complexity index is 703. The van der Waals surface area contributed by atoms with Gasteiger partial charge < -0.3 is 9.84 Å². The van der Waals surface area contributed by atoms with Gasteiger partial charge in [-0.2, -0.15) is 0 Å². The van der Waals surface area contributed by atoms with Gasteiger partial charge in [0.2, 0.25) is 0 Å². The van der Waals surface area contributed by atoms with Gasteiger partial charge in [0.05, 0.1) is 13.0 Å². The van der Waals surface area contributed by atoms with Gasteiger partial charge in [-0.3, -0.25) is 9.59 Å². The van der Waals surface area contributed by atoms with E-state index in [2.05, 4.69) is 0 Å². The average molecular weight is 314 g/mol. The van der Waals surface area contributed by atoms with E-state index in [1.807, 2.05) is 0 Å². The number of benzene rings is 2. The monoisotopic (exact) mass is 314 g/mol. The molecule has 2 rings (SSSR count). The maximum Gasteiger partial charge on any atom is 0.306 e. The third-order valence-electron chi connectivity index (χ3n) is 3.02. The van der Waals surface area contributed by atoms with Crippen LogP contribution in [0.3, 0.4) is 0 Å². The van der Waals surface area contributed by atoms with E-state index in [-0.39, 0.29) is 24.6 Å². The summed E-state index contributed by atoms with van der Waals surface area (Å²) in [7, 11) is 0. The number of carboxylic acid groups (broad SMARTS) is 1. The number of hydrogen-bond acceptors (Lipinski definition) is 3. The van der Waals surface area contributed by atoms with Crippen molar-refractivity contribution >= 4 is 17.8 Å². The van der Waals surface area contributed by atoms with Crippen molar-refractivity contribution in [2.24, 2.45) is 0 Å². The van der Waals surface area contributed by atoms with Crippen LogP contribution < -0.4 is 4.74 Å². The normalized spacial score (nSPS) is 10.7. The van der Waals surface area contributed by atoms with E-state index in [1.165, 1.54) is 30.3 Å². The van der Waals surface area contributed by atoms with E-state index < -0.39 is 5.97 Å². The fourth-order valence-corrected chi connectivity index (χ4v) is 1.81. The number of carbonyl (C=O) groups excluding carboxylic acids is 1. The van der Waals surface area contributed by atoms with E-state index in [4.69, 9.17) is 9.84 Å². The number of halogens is 1. The van der Waals surface area contributed by atoms with Gasteiger partial charge in [-0.15, -0.1) is 0 Å². The number of rotatable bonds is 7. The van der Waals surface area contributed by atoms with E-state index in [9.17, 15) is 14.0 Å². The van der Waals surface area contributed by atoms with Crippen LogP contribution >= 0.6 is 0 Å². The van der Waals surface area contributed by atoms with Gasteiger partial charge in [-0.1, -0.05) is 18.2 Å². The molecule has 0 radical (unpaired) electrons. The number of carboxylic acids is 1. The second-order valence-corrected chi connectivity index (χ2v) is 4.77. The first-order valence-corrected chi connectivity index (χ1v) is 6.97. The Hall–Kier alpha value is -2.95. The first-order chi connectivity index (χ1) is 11.0. The van der Waals surface area contributed by atoms with Crippen LogP contribution in [0.1, 0.15) is 22.3 Å². The molecule has 0 fully saturated rings. The molecule has 0 bridgehead atoms. The summed E-state index contributed by atoms with van der Waals surface area (Å²) in [6.45, 7) is 0.105. The molecule has 118 valence electrons. The van der Waals surface area contributed by atoms with E-state index in [0.717, 1.165) is 5.56 Å². The predicted molar refractivity (Wildman–Crippen MR) is 84.0 cm³/mol. The smallest absolute Gasteiger partial charge is 0.306 e. The van der Waals surface area contributed by atoms with E-state index in [1.54, 1.807) is 30.3 Å². The topological polar surface area (TPSA) is 63.6 Å². The summed E-state index contributed by atoms with van der Waals surface area (Å²) in [4.78, 5) is 22.3. The maximum atomic E-state index is 12.8. The number of carbonyl (C=O) groups is 2. The highest BCUT2D eigenvalue weighted by Gasteiger charge is 2.02. The van der Waals surface area contributed by atoms with Gasteiger partial charge in [-0.25, -0.2) is 4.39 Å². The maximum absolute atomic E-state index is 12.8. The van der Waals surface area contributed by atoms with Crippen LogP contribution in [-0.4, -0.2) is 23.5 Å². The Morgan fingerprint density at radius 3 is 2.30 bits per heavy atom. The van der Waals surface area contributed by atoms with Crippen molar-refractivity contribution < 1.29 is 23.8 Å². The molecule has 1 N–H and O–H groups in total. The van der Waals surface area contributed by atoms with Gasteiger partial charge in [0, 0.05) is 5.56 Å². The Morgan fingerprint density at radius 2 is 1.70 bits per heavy atom. The molecule has 0 aliphatic heterocycles. The average Bonchev–Trinajstić information content (AvgIpc) is 2.54. The zero-order chi connectivity index (χ0) is 16.7. The Balaban J connectivity index is 1.93. The highest BCUT2D eigenvalue weighted by molar-refractivity contribution is 6.06. The van der Waals surface area contributed by atoms with Crippen LogP contribution in [-0.2, 0) is 4.79 Å². The molecular formula is C18H15FO4. The van der Waals surface area contributed by atoms with E-state index in [0.29, 0.717) is 11.3 Å². The second kappa shape index (κ2) is 7.89. The first kappa shape index (κ1) is 16.4. The summed E-state index contributed by atoms with van der Waals surface area (Å²) in [5.41, 5.74) is 1.21. The lowest BCUT2D eigenvalue weighted by molar-refractivity contribution is -0.137. The van der Waals surface area contributed by atoms with Gasteiger partial charge in [-0.05, 0) is 48.0 Å². The van der Waals surface area contributed by atoms with Crippen LogP contribution in [0.5, 0.6) is 5.75 Å². The molecule has 0 amide bonds. The highest BCUT2D eigenvalue weighted by Crippen LogP contribution is 2.14. The Morgan fingerprint density at radius 1 is 1.04 bits per heavy atom. The summed E-state index contributed by atoms with van der Waals surface area (Å²) >= 11 is 0. The van der Waals surface area contributed by atoms with Crippen LogP contribution in [0.15, 0.2) is 54.6 Å². The highest BCUT2D eigenvalue weighted by atomic mass is 19.1. The SMILES string of the molecule is O=C(O)CCOc1ccc(/C=C/C(=O)c2ccc(F)cc2)cc1. The molecule has 0 saturated heterocycles. The van der Waals surface area contributed by atoms with Crippen LogP contribution in [0.4, 0.5) is 4.39 Å². The summed E-state index contributed by atoms with van der Waals surface area (Å²) in [6.07, 6.45) is 2.99. The summed E-state index contributed by atoms with van der Waals surface area (Å²) < 4.78 is 18.1. The molecule has 0 saturated carbocycles. The molecule has 0 heterocycles. The van der Waals surface area contributed by atoms with Gasteiger partial charge in [0.1, 0.15) is 11.6 Å². The van der Waals surface area contributed by atoms with Gasteiger partial charge >= 0.3 is 5.97 Å². The summed E-state index contributed by atoms with van der Waals surface area (Å²) in [5.74, 6) is -0.951. The Labute approximate surface area is 132 Å². The lowest BCUT2D eigenvalue weighted by atomic mass is 10.1. The molecule has 2 aromatic rings. The second-order valence-electron chi connectivity index (χ2n) is 4.77. The van der Waals surface area contributed by atoms with Crippen molar-refractivity contribution in [2.45, 2.75) is 6.42 Å². The van der Waals surface area contributed by atoms with E-state index >= 15 is 0 Å². The predicted octanol–water partition coefficient (Wildman–Crippen LogP) is 3.58. The molecule has 0 aromatic heterocycles. The molecule has 0 atom stereocenters. The van der Waals surface area contributed by atoms with Crippen molar-refractivity contribution in [3.05, 3.63) is 71.6 Å². The molecule has 0 unspecified atom stereocenters. The third kappa shape index (κ3) is 5.39. The molecule has 0 spiro atoms. The molecule has 0 aliphatic rings. The van der Waals surface area contributed by atoms with Crippen LogP contribution in [0, 0.1) is 5.82 Å². The van der Waals surface area contributed by atoms with Crippen LogP contribution in [0.25, 0.3) is 6.08 Å². The molecule has 4 nitrogen and oxygen atoms in total. The van der Waals surface area contributed by atoms with Crippen molar-refractivity contribution in [2.75, 3.05) is 6.61 Å². The zero-order valence-corrected chi connectivity index (χ0v) is 12.2. The fraction of sp³-hybridized carbons (Fsp3) is 0.111. The minimum Gasteiger partial charge on any atom is -0.493 e. The van der Waals surface area contributed by atoms with Crippen molar-refractivity contribution in [1.82, 2.24) is 0 Å². The van der Waals surface area contributed by atoms with Gasteiger partial charge in [0.25, 0.3) is 0 Å². The van der Waals surface area contributed by atoms with Crippen molar-refractivity contribution in [3.8, 4) is 5.75 Å². The van der Waals surface area contributed by atoms with Gasteiger partial charge in [0.15, 0.2) is 5.78 Å². The lowest BCUT2D eigenvalue weighted by Crippen LogP contribution is -2.04. The molecule has 23 heavy (non-hydrogen) atoms. The minimum atomic E-state index is -0.913. The number of ketones is 1. The zero-order valence-electron chi connectivity index (χ0n) is 12.2. The standard InChI is InChI=1S/C18H15FO4/c19-15-6-4-14(5-7-15)17(20)10-3-13-1-8-16(9-2-13)23-12-11-18(21)22/h1-10H,11-12H2,(H,21,22)/b10-3+. The number of aliphatic carboxylic acids is 1. The van der Waals surface area contributed by atoms with Crippen LogP contribution in [0.2, 0.25) is 0 Å². The molecular weight excluding hydrogens is 299 g/mol. The first-order valence-electron chi connectivity index (χ1n) is 6.97. The van der Waals surface area contributed by atoms with Crippen molar-refractivity contribution in [1.29, 1.82) is 0 Å². The van der Waals surface area contributed by atoms with Crippen molar-refractivity contribution in [3.63, 3.8) is 0 Å². The number of hydrogen-bond donors (Lipinski definition) is 1. The number of ether oxygens (including phenoxy) is 1. The quantitative estimate of drug-likeness (QED) is 0.627. The summed E-state index contributed by atoms with van der Waals surface area (Å²) in [6, 6.07) is 12.3. The Kier molecular flexibility index (Phi) is 5.63. The fourth-order valence-electron chi connectivity index (χ4n) is 1.81. The minimum absolute atomic E-state index is 0.0617. The number of allylic oxidation sites excluding steroid dienone is 1.